The lowest BCUT2D eigenvalue weighted by Crippen LogP contribution is -2.03. The van der Waals surface area contributed by atoms with E-state index in [9.17, 15) is 0 Å². The third kappa shape index (κ3) is 4.03. The van der Waals surface area contributed by atoms with Gasteiger partial charge in [-0.05, 0) is 35.7 Å². The van der Waals surface area contributed by atoms with E-state index in [2.05, 4.69) is 44.6 Å². The van der Waals surface area contributed by atoms with Gasteiger partial charge < -0.3 is 10.6 Å². The lowest BCUT2D eigenvalue weighted by molar-refractivity contribution is 1.07. The molecule has 0 radical (unpaired) electrons. The maximum atomic E-state index is 4.29. The van der Waals surface area contributed by atoms with Gasteiger partial charge in [-0.2, -0.15) is 0 Å². The molecular formula is C18H19N5. The van der Waals surface area contributed by atoms with E-state index < -0.39 is 0 Å². The second kappa shape index (κ2) is 7.35. The van der Waals surface area contributed by atoms with Crippen LogP contribution in [0.5, 0.6) is 0 Å². The first-order valence-corrected chi connectivity index (χ1v) is 7.65. The van der Waals surface area contributed by atoms with Crippen LogP contribution in [-0.4, -0.2) is 15.0 Å². The Labute approximate surface area is 135 Å². The smallest absolute Gasteiger partial charge is 0.135 e. The fourth-order valence-electron chi connectivity index (χ4n) is 2.30. The minimum Gasteiger partial charge on any atom is -0.366 e. The highest BCUT2D eigenvalue weighted by Crippen LogP contribution is 2.21. The van der Waals surface area contributed by atoms with Crippen molar-refractivity contribution >= 4 is 17.3 Å². The molecule has 5 heteroatoms. The number of hydrogen-bond acceptors (Lipinski definition) is 5. The van der Waals surface area contributed by atoms with Gasteiger partial charge in [-0.25, -0.2) is 9.97 Å². The monoisotopic (exact) mass is 305 g/mol. The molecule has 2 aromatic heterocycles. The van der Waals surface area contributed by atoms with Crippen LogP contribution in [0, 0.1) is 0 Å². The van der Waals surface area contributed by atoms with E-state index in [0.29, 0.717) is 6.54 Å². The number of nitrogens with one attached hydrogen (secondary N) is 2. The van der Waals surface area contributed by atoms with E-state index in [0.717, 1.165) is 29.3 Å². The Morgan fingerprint density at radius 1 is 0.957 bits per heavy atom. The van der Waals surface area contributed by atoms with Crippen LogP contribution in [0.4, 0.5) is 17.3 Å². The van der Waals surface area contributed by atoms with Crippen LogP contribution >= 0.6 is 0 Å². The lowest BCUT2D eigenvalue weighted by Gasteiger charge is -2.11. The summed E-state index contributed by atoms with van der Waals surface area (Å²) in [5.41, 5.74) is 3.50. The molecule has 0 saturated carbocycles. The Morgan fingerprint density at radius 2 is 1.74 bits per heavy atom. The van der Waals surface area contributed by atoms with E-state index in [-0.39, 0.29) is 0 Å². The van der Waals surface area contributed by atoms with Gasteiger partial charge in [-0.15, -0.1) is 0 Å². The van der Waals surface area contributed by atoms with Gasteiger partial charge in [0.1, 0.15) is 18.0 Å². The largest absolute Gasteiger partial charge is 0.366 e. The van der Waals surface area contributed by atoms with Crippen molar-refractivity contribution in [2.24, 2.45) is 0 Å². The van der Waals surface area contributed by atoms with Gasteiger partial charge in [0.05, 0.1) is 0 Å². The number of benzene rings is 1. The fraction of sp³-hybridized carbons (Fsp3) is 0.167. The minimum atomic E-state index is 0.699. The highest BCUT2D eigenvalue weighted by Gasteiger charge is 2.03. The highest BCUT2D eigenvalue weighted by atomic mass is 15.1. The number of para-hydroxylation sites is 1. The zero-order valence-electron chi connectivity index (χ0n) is 13.0. The highest BCUT2D eigenvalue weighted by molar-refractivity contribution is 5.62. The number of pyridine rings is 1. The molecule has 2 heterocycles. The number of aryl methyl sites for hydroxylation is 1. The predicted molar refractivity (Wildman–Crippen MR) is 92.7 cm³/mol. The summed E-state index contributed by atoms with van der Waals surface area (Å²) in [5.74, 6) is 1.56. The summed E-state index contributed by atoms with van der Waals surface area (Å²) in [5, 5.41) is 6.66. The summed E-state index contributed by atoms with van der Waals surface area (Å²) in [4.78, 5) is 12.6. The molecule has 0 bridgehead atoms. The first-order chi connectivity index (χ1) is 11.3. The average Bonchev–Trinajstić information content (AvgIpc) is 2.62. The van der Waals surface area contributed by atoms with Crippen molar-refractivity contribution in [1.29, 1.82) is 0 Å². The number of hydrogen-bond donors (Lipinski definition) is 2. The van der Waals surface area contributed by atoms with Crippen molar-refractivity contribution in [3.63, 3.8) is 0 Å². The summed E-state index contributed by atoms with van der Waals surface area (Å²) >= 11 is 0. The Balaban J connectivity index is 1.70. The third-order valence-electron chi connectivity index (χ3n) is 3.55. The minimum absolute atomic E-state index is 0.699. The van der Waals surface area contributed by atoms with Crippen molar-refractivity contribution in [1.82, 2.24) is 15.0 Å². The van der Waals surface area contributed by atoms with Crippen LogP contribution in [0.25, 0.3) is 0 Å². The normalized spacial score (nSPS) is 10.3. The molecule has 0 aliphatic rings. The van der Waals surface area contributed by atoms with Crippen LogP contribution in [0.3, 0.4) is 0 Å². The maximum absolute atomic E-state index is 4.29. The zero-order chi connectivity index (χ0) is 15.9. The van der Waals surface area contributed by atoms with Gasteiger partial charge in [0.2, 0.25) is 0 Å². The maximum Gasteiger partial charge on any atom is 0.135 e. The molecule has 3 rings (SSSR count). The molecule has 0 aliphatic heterocycles. The molecule has 0 atom stereocenters. The zero-order valence-corrected chi connectivity index (χ0v) is 13.0. The van der Waals surface area contributed by atoms with Crippen molar-refractivity contribution in [2.75, 3.05) is 10.6 Å². The molecule has 116 valence electrons. The second-order valence-corrected chi connectivity index (χ2v) is 5.13. The molecule has 5 nitrogen and oxygen atoms in total. The second-order valence-electron chi connectivity index (χ2n) is 5.13. The van der Waals surface area contributed by atoms with E-state index in [1.54, 1.807) is 18.7 Å². The van der Waals surface area contributed by atoms with E-state index >= 15 is 0 Å². The molecule has 0 amide bonds. The fourth-order valence-corrected chi connectivity index (χ4v) is 2.30. The van der Waals surface area contributed by atoms with Crippen LogP contribution in [-0.2, 0) is 13.0 Å². The van der Waals surface area contributed by atoms with Crippen molar-refractivity contribution in [3.8, 4) is 0 Å². The van der Waals surface area contributed by atoms with E-state index in [4.69, 9.17) is 0 Å². The van der Waals surface area contributed by atoms with Gasteiger partial charge in [-0.3, -0.25) is 4.98 Å². The van der Waals surface area contributed by atoms with Crippen molar-refractivity contribution in [3.05, 3.63) is 72.3 Å². The first-order valence-electron chi connectivity index (χ1n) is 7.65. The number of aromatic nitrogens is 3. The Morgan fingerprint density at radius 3 is 2.57 bits per heavy atom. The molecular weight excluding hydrogens is 286 g/mol. The van der Waals surface area contributed by atoms with Crippen LogP contribution in [0.15, 0.2) is 61.2 Å². The summed E-state index contributed by atoms with van der Waals surface area (Å²) in [6, 6.07) is 14.1. The summed E-state index contributed by atoms with van der Waals surface area (Å²) in [7, 11) is 0. The standard InChI is InChI=1S/C18H19N5/c1-2-15-5-3-4-6-16(15)23-18-11-17(21-13-22-18)20-12-14-7-9-19-10-8-14/h3-11,13H,2,12H2,1H3,(H2,20,21,22,23). The molecule has 23 heavy (non-hydrogen) atoms. The quantitative estimate of drug-likeness (QED) is 0.725. The van der Waals surface area contributed by atoms with Crippen molar-refractivity contribution < 1.29 is 0 Å². The summed E-state index contributed by atoms with van der Waals surface area (Å²) < 4.78 is 0. The Kier molecular flexibility index (Phi) is 4.79. The predicted octanol–water partition coefficient (Wildman–Crippen LogP) is 3.79. The van der Waals surface area contributed by atoms with Gasteiger partial charge in [0.15, 0.2) is 0 Å². The van der Waals surface area contributed by atoms with Crippen LogP contribution in [0.1, 0.15) is 18.1 Å². The summed E-state index contributed by atoms with van der Waals surface area (Å²) in [6.07, 6.45) is 6.10. The van der Waals surface area contributed by atoms with Gasteiger partial charge in [0.25, 0.3) is 0 Å². The van der Waals surface area contributed by atoms with Gasteiger partial charge in [-0.1, -0.05) is 25.1 Å². The molecule has 3 aromatic rings. The molecule has 2 N–H and O–H groups in total. The first kappa shape index (κ1) is 15.0. The summed E-state index contributed by atoms with van der Waals surface area (Å²) in [6.45, 7) is 2.84. The molecule has 0 aliphatic carbocycles. The van der Waals surface area contributed by atoms with Crippen LogP contribution in [0.2, 0.25) is 0 Å². The molecule has 0 saturated heterocycles. The number of rotatable bonds is 6. The average molecular weight is 305 g/mol. The molecule has 0 spiro atoms. The Bertz CT molecular complexity index is 758. The Hall–Kier alpha value is -2.95. The van der Waals surface area contributed by atoms with E-state index in [1.807, 2.05) is 30.3 Å². The number of nitrogens with zero attached hydrogens (tertiary/aromatic N) is 3. The van der Waals surface area contributed by atoms with Crippen LogP contribution < -0.4 is 10.6 Å². The molecule has 1 aromatic carbocycles. The molecule has 0 fully saturated rings. The topological polar surface area (TPSA) is 62.7 Å². The third-order valence-corrected chi connectivity index (χ3v) is 3.55. The van der Waals surface area contributed by atoms with Crippen molar-refractivity contribution in [2.45, 2.75) is 19.9 Å². The van der Waals surface area contributed by atoms with E-state index in [1.165, 1.54) is 5.56 Å². The van der Waals surface area contributed by atoms with Gasteiger partial charge >= 0.3 is 0 Å². The SMILES string of the molecule is CCc1ccccc1Nc1cc(NCc2ccncc2)ncn1. The molecule has 0 unspecified atom stereocenters. The lowest BCUT2D eigenvalue weighted by atomic mass is 10.1. The number of anilines is 3. The van der Waals surface area contributed by atoms with Gasteiger partial charge in [0, 0.05) is 30.7 Å².